The van der Waals surface area contributed by atoms with Gasteiger partial charge in [0.25, 0.3) is 0 Å². The second-order valence-electron chi connectivity index (χ2n) is 5.15. The molecule has 2 atom stereocenters. The third kappa shape index (κ3) is 2.94. The molecule has 1 rings (SSSR count). The molecule has 0 saturated heterocycles. The van der Waals surface area contributed by atoms with Crippen LogP contribution in [-0.4, -0.2) is 30.6 Å². The van der Waals surface area contributed by atoms with Crippen LogP contribution in [-0.2, 0) is 0 Å². The maximum Gasteiger partial charge on any atom is 0.0328 e. The van der Waals surface area contributed by atoms with Crippen LogP contribution < -0.4 is 5.73 Å². The summed E-state index contributed by atoms with van der Waals surface area (Å²) in [5.41, 5.74) is 6.33. The van der Waals surface area contributed by atoms with Crippen LogP contribution in [0.1, 0.15) is 52.4 Å². The Morgan fingerprint density at radius 1 is 1.27 bits per heavy atom. The zero-order valence-corrected chi connectivity index (χ0v) is 10.8. The number of hydrogen-bond acceptors (Lipinski definition) is 2. The average Bonchev–Trinajstić information content (AvgIpc) is 2.50. The van der Waals surface area contributed by atoms with Gasteiger partial charge in [0.05, 0.1) is 0 Å². The van der Waals surface area contributed by atoms with Gasteiger partial charge in [0.2, 0.25) is 0 Å². The molecule has 2 heteroatoms. The van der Waals surface area contributed by atoms with Crippen LogP contribution in [0, 0.1) is 5.92 Å². The van der Waals surface area contributed by atoms with Gasteiger partial charge in [-0.05, 0) is 38.8 Å². The number of nitrogens with zero attached hydrogens (tertiary/aromatic N) is 1. The van der Waals surface area contributed by atoms with Crippen molar-refractivity contribution in [2.45, 2.75) is 57.9 Å². The van der Waals surface area contributed by atoms with Crippen molar-refractivity contribution in [3.05, 3.63) is 0 Å². The highest BCUT2D eigenvalue weighted by atomic mass is 15.2. The molecule has 1 aliphatic rings. The summed E-state index contributed by atoms with van der Waals surface area (Å²) >= 11 is 0. The second kappa shape index (κ2) is 5.86. The Balaban J connectivity index is 2.65. The lowest BCUT2D eigenvalue weighted by Gasteiger charge is -2.40. The largest absolute Gasteiger partial charge is 0.329 e. The van der Waals surface area contributed by atoms with Crippen LogP contribution in [0.2, 0.25) is 0 Å². The molecular formula is C13H28N2. The van der Waals surface area contributed by atoms with Gasteiger partial charge in [-0.2, -0.15) is 0 Å². The van der Waals surface area contributed by atoms with E-state index in [2.05, 4.69) is 25.8 Å². The van der Waals surface area contributed by atoms with E-state index in [-0.39, 0.29) is 0 Å². The van der Waals surface area contributed by atoms with Gasteiger partial charge in [-0.15, -0.1) is 0 Å². The zero-order valence-electron chi connectivity index (χ0n) is 10.8. The molecule has 0 aliphatic heterocycles. The summed E-state index contributed by atoms with van der Waals surface area (Å²) in [7, 11) is 2.24. The van der Waals surface area contributed by atoms with E-state index >= 15 is 0 Å². The molecule has 0 aromatic carbocycles. The molecule has 2 nitrogen and oxygen atoms in total. The maximum absolute atomic E-state index is 6.03. The molecule has 0 amide bonds. The van der Waals surface area contributed by atoms with E-state index < -0.39 is 0 Å². The molecule has 15 heavy (non-hydrogen) atoms. The van der Waals surface area contributed by atoms with Crippen molar-refractivity contribution in [1.82, 2.24) is 4.90 Å². The third-order valence-corrected chi connectivity index (χ3v) is 4.51. The number of nitrogens with two attached hydrogens (primary N) is 1. The Morgan fingerprint density at radius 2 is 2.00 bits per heavy atom. The summed E-state index contributed by atoms with van der Waals surface area (Å²) in [4.78, 5) is 2.48. The summed E-state index contributed by atoms with van der Waals surface area (Å²) in [6.07, 6.45) is 8.08. The molecule has 1 aliphatic carbocycles. The molecule has 2 N–H and O–H groups in total. The van der Waals surface area contributed by atoms with Gasteiger partial charge in [0.15, 0.2) is 0 Å². The van der Waals surface area contributed by atoms with Crippen LogP contribution in [0.15, 0.2) is 0 Å². The summed E-state index contributed by atoms with van der Waals surface area (Å²) in [5, 5.41) is 0. The van der Waals surface area contributed by atoms with Crippen LogP contribution in [0.5, 0.6) is 0 Å². The average molecular weight is 212 g/mol. The van der Waals surface area contributed by atoms with Crippen molar-refractivity contribution >= 4 is 0 Å². The molecule has 1 saturated carbocycles. The minimum absolute atomic E-state index is 0.304. The van der Waals surface area contributed by atoms with E-state index in [9.17, 15) is 0 Å². The Kier molecular flexibility index (Phi) is 5.07. The Hall–Kier alpha value is -0.0800. The highest BCUT2D eigenvalue weighted by Crippen LogP contribution is 2.34. The Labute approximate surface area is 95.2 Å². The molecule has 0 spiro atoms. The van der Waals surface area contributed by atoms with E-state index in [1.54, 1.807) is 0 Å². The first-order valence-electron chi connectivity index (χ1n) is 6.59. The van der Waals surface area contributed by atoms with Gasteiger partial charge in [0, 0.05) is 12.1 Å². The van der Waals surface area contributed by atoms with Crippen molar-refractivity contribution in [1.29, 1.82) is 0 Å². The predicted octanol–water partition coefficient (Wildman–Crippen LogP) is 2.63. The van der Waals surface area contributed by atoms with E-state index in [1.807, 2.05) is 0 Å². The molecular weight excluding hydrogens is 184 g/mol. The van der Waals surface area contributed by atoms with Gasteiger partial charge >= 0.3 is 0 Å². The van der Waals surface area contributed by atoms with E-state index in [1.165, 1.54) is 38.5 Å². The summed E-state index contributed by atoms with van der Waals surface area (Å²) in [6, 6.07) is 0. The van der Waals surface area contributed by atoms with Crippen LogP contribution >= 0.6 is 0 Å². The maximum atomic E-state index is 6.03. The van der Waals surface area contributed by atoms with Gasteiger partial charge in [-0.3, -0.25) is 4.90 Å². The van der Waals surface area contributed by atoms with E-state index in [0.29, 0.717) is 5.54 Å². The Morgan fingerprint density at radius 3 is 2.53 bits per heavy atom. The third-order valence-electron chi connectivity index (χ3n) is 4.51. The van der Waals surface area contributed by atoms with Crippen LogP contribution in [0.3, 0.4) is 0 Å². The van der Waals surface area contributed by atoms with Crippen molar-refractivity contribution in [3.63, 3.8) is 0 Å². The van der Waals surface area contributed by atoms with Crippen molar-refractivity contribution < 1.29 is 0 Å². The highest BCUT2D eigenvalue weighted by molar-refractivity contribution is 4.92. The van der Waals surface area contributed by atoms with Crippen molar-refractivity contribution in [3.8, 4) is 0 Å². The van der Waals surface area contributed by atoms with E-state index in [4.69, 9.17) is 5.73 Å². The normalized spacial score (nSPS) is 33.0. The smallest absolute Gasteiger partial charge is 0.0328 e. The lowest BCUT2D eigenvalue weighted by molar-refractivity contribution is 0.112. The van der Waals surface area contributed by atoms with Gasteiger partial charge in [-0.25, -0.2) is 0 Å². The molecule has 0 aromatic heterocycles. The standard InChI is InChI=1S/C13H28N2/c1-4-12-7-6-9-13(11-14,10-8-12)15(3)5-2/h12H,4-11,14H2,1-3H3. The van der Waals surface area contributed by atoms with Gasteiger partial charge in [0.1, 0.15) is 0 Å². The molecule has 0 bridgehead atoms. The Bertz CT molecular complexity index is 181. The molecule has 1 fully saturated rings. The van der Waals surface area contributed by atoms with Crippen molar-refractivity contribution in [2.24, 2.45) is 11.7 Å². The van der Waals surface area contributed by atoms with Crippen molar-refractivity contribution in [2.75, 3.05) is 20.1 Å². The first-order valence-corrected chi connectivity index (χ1v) is 6.59. The summed E-state index contributed by atoms with van der Waals surface area (Å²) in [5.74, 6) is 0.948. The monoisotopic (exact) mass is 212 g/mol. The fourth-order valence-electron chi connectivity index (χ4n) is 2.95. The second-order valence-corrected chi connectivity index (χ2v) is 5.15. The molecule has 0 heterocycles. The lowest BCUT2D eigenvalue weighted by Crippen LogP contribution is -2.51. The zero-order chi connectivity index (χ0) is 11.3. The fourth-order valence-corrected chi connectivity index (χ4v) is 2.95. The molecule has 2 unspecified atom stereocenters. The lowest BCUT2D eigenvalue weighted by atomic mass is 9.88. The first kappa shape index (κ1) is 13.0. The number of hydrogen-bond donors (Lipinski definition) is 1. The molecule has 0 aromatic rings. The van der Waals surface area contributed by atoms with Crippen LogP contribution in [0.4, 0.5) is 0 Å². The molecule has 90 valence electrons. The minimum Gasteiger partial charge on any atom is -0.329 e. The van der Waals surface area contributed by atoms with Crippen LogP contribution in [0.25, 0.3) is 0 Å². The SMILES string of the molecule is CCC1CCCC(CN)(N(C)CC)CC1. The fraction of sp³-hybridized carbons (Fsp3) is 1.00. The topological polar surface area (TPSA) is 29.3 Å². The molecule has 0 radical (unpaired) electrons. The minimum atomic E-state index is 0.304. The predicted molar refractivity (Wildman–Crippen MR) is 67.0 cm³/mol. The summed E-state index contributed by atoms with van der Waals surface area (Å²) < 4.78 is 0. The summed E-state index contributed by atoms with van der Waals surface area (Å²) in [6.45, 7) is 6.50. The first-order chi connectivity index (χ1) is 7.18. The quantitative estimate of drug-likeness (QED) is 0.726. The van der Waals surface area contributed by atoms with Gasteiger partial charge < -0.3 is 5.73 Å². The van der Waals surface area contributed by atoms with Gasteiger partial charge in [-0.1, -0.05) is 33.1 Å². The number of rotatable bonds is 4. The highest BCUT2D eigenvalue weighted by Gasteiger charge is 2.34. The number of likely N-dealkylation sites (N-methyl/N-ethyl adjacent to an activating group) is 1. The van der Waals surface area contributed by atoms with E-state index in [0.717, 1.165) is 19.0 Å².